The first-order chi connectivity index (χ1) is 13.8. The maximum Gasteiger partial charge on any atom is 0.118 e. The molecular weight excluding hydrogens is 439 g/mol. The number of methoxy groups -OCH3 is 1. The first kappa shape index (κ1) is 21.3. The maximum absolute atomic E-state index is 5.36. The Bertz CT molecular complexity index is 906. The van der Waals surface area contributed by atoms with Gasteiger partial charge in [-0.1, -0.05) is 66.7 Å². The van der Waals surface area contributed by atoms with E-state index in [1.54, 1.807) is 7.11 Å². The smallest absolute Gasteiger partial charge is 0.118 e. The average Bonchev–Trinajstić information content (AvgIpc) is 2.80. The lowest BCUT2D eigenvalue weighted by atomic mass is 10.2. The Labute approximate surface area is 184 Å². The largest absolute Gasteiger partial charge is 1.00 e. The summed E-state index contributed by atoms with van der Waals surface area (Å²) < 4.78 is 5.36. The molecule has 0 saturated carbocycles. The second-order valence-corrected chi connectivity index (χ2v) is 10.3. The van der Waals surface area contributed by atoms with E-state index in [9.17, 15) is 0 Å². The van der Waals surface area contributed by atoms with Crippen molar-refractivity contribution in [1.29, 1.82) is 0 Å². The Morgan fingerprint density at radius 1 is 0.552 bits per heavy atom. The van der Waals surface area contributed by atoms with Gasteiger partial charge in [-0.05, 0) is 54.1 Å². The van der Waals surface area contributed by atoms with Crippen molar-refractivity contribution in [1.82, 2.24) is 0 Å². The predicted molar refractivity (Wildman–Crippen MR) is 122 cm³/mol. The van der Waals surface area contributed by atoms with E-state index in [2.05, 4.69) is 115 Å². The van der Waals surface area contributed by atoms with E-state index in [0.29, 0.717) is 0 Å². The van der Waals surface area contributed by atoms with E-state index in [-0.39, 0.29) is 17.0 Å². The summed E-state index contributed by atoms with van der Waals surface area (Å²) in [6.07, 6.45) is 0.981. The fraction of sp³-hybridized carbons (Fsp3) is 0.0769. The number of rotatable bonds is 6. The molecule has 4 aromatic carbocycles. The normalized spacial score (nSPS) is 10.8. The summed E-state index contributed by atoms with van der Waals surface area (Å²) >= 11 is 0. The highest BCUT2D eigenvalue weighted by Gasteiger charge is 2.45. The highest BCUT2D eigenvalue weighted by Crippen LogP contribution is 2.58. The zero-order chi connectivity index (χ0) is 19.2. The second kappa shape index (κ2) is 9.87. The Kier molecular flexibility index (Phi) is 7.25. The third kappa shape index (κ3) is 4.45. The van der Waals surface area contributed by atoms with Crippen molar-refractivity contribution in [2.45, 2.75) is 6.16 Å². The van der Waals surface area contributed by atoms with Crippen LogP contribution in [0.2, 0.25) is 0 Å². The first-order valence-electron chi connectivity index (χ1n) is 9.51. The van der Waals surface area contributed by atoms with Crippen LogP contribution < -0.4 is 37.6 Å². The second-order valence-electron chi connectivity index (χ2n) is 6.82. The highest BCUT2D eigenvalue weighted by molar-refractivity contribution is 7.95. The van der Waals surface area contributed by atoms with Crippen molar-refractivity contribution in [2.24, 2.45) is 0 Å². The molecule has 0 radical (unpaired) electrons. The van der Waals surface area contributed by atoms with E-state index in [1.807, 2.05) is 0 Å². The molecule has 0 fully saturated rings. The van der Waals surface area contributed by atoms with Gasteiger partial charge in [-0.3, -0.25) is 0 Å². The SMILES string of the molecule is COc1ccc(C[P+](c2ccccc2)(c2ccccc2)c2ccccc2)cc1.[Br-]. The van der Waals surface area contributed by atoms with Crippen LogP contribution in [-0.4, -0.2) is 7.11 Å². The summed E-state index contributed by atoms with van der Waals surface area (Å²) in [6.45, 7) is 0. The molecule has 0 heterocycles. The van der Waals surface area contributed by atoms with E-state index in [0.717, 1.165) is 11.9 Å². The van der Waals surface area contributed by atoms with Crippen molar-refractivity contribution in [3.63, 3.8) is 0 Å². The molecule has 0 spiro atoms. The molecule has 0 aliphatic rings. The molecule has 0 atom stereocenters. The van der Waals surface area contributed by atoms with E-state index < -0.39 is 7.26 Å². The molecule has 0 bridgehead atoms. The van der Waals surface area contributed by atoms with Crippen LogP contribution >= 0.6 is 7.26 Å². The first-order valence-corrected chi connectivity index (χ1v) is 11.5. The number of halogens is 1. The zero-order valence-corrected chi connectivity index (χ0v) is 18.9. The van der Waals surface area contributed by atoms with Gasteiger partial charge in [-0.25, -0.2) is 0 Å². The molecule has 0 aromatic heterocycles. The predicted octanol–water partition coefficient (Wildman–Crippen LogP) is 2.19. The summed E-state index contributed by atoms with van der Waals surface area (Å²) in [5.41, 5.74) is 1.32. The third-order valence-corrected chi connectivity index (χ3v) is 9.55. The average molecular weight is 463 g/mol. The van der Waals surface area contributed by atoms with Gasteiger partial charge in [0, 0.05) is 0 Å². The van der Waals surface area contributed by atoms with E-state index in [1.165, 1.54) is 21.5 Å². The van der Waals surface area contributed by atoms with Gasteiger partial charge in [-0.2, -0.15) is 0 Å². The van der Waals surface area contributed by atoms with Crippen LogP contribution in [0.15, 0.2) is 115 Å². The Morgan fingerprint density at radius 3 is 1.28 bits per heavy atom. The summed E-state index contributed by atoms with van der Waals surface area (Å²) in [5, 5.41) is 4.22. The molecule has 4 rings (SSSR count). The van der Waals surface area contributed by atoms with Crippen LogP contribution in [-0.2, 0) is 6.16 Å². The maximum atomic E-state index is 5.36. The molecule has 146 valence electrons. The zero-order valence-electron chi connectivity index (χ0n) is 16.4. The fourth-order valence-electron chi connectivity index (χ4n) is 3.77. The standard InChI is InChI=1S/C26H24OP.BrH/c1-27-23-19-17-22(18-20-23)21-28(24-11-5-2-6-12-24,25-13-7-3-8-14-25)26-15-9-4-10-16-26;/h2-20H,21H2,1H3;1H/q+1;/p-1. The molecule has 1 nitrogen and oxygen atoms in total. The molecule has 0 saturated heterocycles. The monoisotopic (exact) mass is 462 g/mol. The van der Waals surface area contributed by atoms with Crippen LogP contribution in [0.4, 0.5) is 0 Å². The van der Waals surface area contributed by atoms with Gasteiger partial charge in [0.1, 0.15) is 28.9 Å². The minimum atomic E-state index is -1.84. The van der Waals surface area contributed by atoms with Crippen molar-refractivity contribution < 1.29 is 21.7 Å². The molecule has 0 N–H and O–H groups in total. The summed E-state index contributed by atoms with van der Waals surface area (Å²) in [4.78, 5) is 0. The lowest BCUT2D eigenvalue weighted by Gasteiger charge is -2.27. The minimum absolute atomic E-state index is 0. The van der Waals surface area contributed by atoms with Gasteiger partial charge in [0.25, 0.3) is 0 Å². The van der Waals surface area contributed by atoms with Crippen molar-refractivity contribution in [2.75, 3.05) is 7.11 Å². The number of benzene rings is 4. The molecule has 0 amide bonds. The summed E-state index contributed by atoms with van der Waals surface area (Å²) in [5.74, 6) is 0.895. The van der Waals surface area contributed by atoms with Crippen molar-refractivity contribution >= 4 is 23.2 Å². The van der Waals surface area contributed by atoms with Crippen LogP contribution in [0.5, 0.6) is 5.75 Å². The summed E-state index contributed by atoms with van der Waals surface area (Å²) in [6, 6.07) is 41.5. The summed E-state index contributed by atoms with van der Waals surface area (Å²) in [7, 11) is -0.127. The molecule has 0 aliphatic carbocycles. The lowest BCUT2D eigenvalue weighted by molar-refractivity contribution is -0.00000577. The molecule has 0 aliphatic heterocycles. The fourth-order valence-corrected chi connectivity index (χ4v) is 8.02. The molecule has 3 heteroatoms. The Hall–Kier alpha value is -2.41. The Morgan fingerprint density at radius 2 is 0.931 bits per heavy atom. The van der Waals surface area contributed by atoms with Crippen LogP contribution in [0, 0.1) is 0 Å². The minimum Gasteiger partial charge on any atom is -1.00 e. The van der Waals surface area contributed by atoms with E-state index in [4.69, 9.17) is 4.74 Å². The Balaban J connectivity index is 0.00000240. The topological polar surface area (TPSA) is 9.23 Å². The van der Waals surface area contributed by atoms with E-state index >= 15 is 0 Å². The van der Waals surface area contributed by atoms with Crippen molar-refractivity contribution in [3.05, 3.63) is 121 Å². The number of hydrogen-bond acceptors (Lipinski definition) is 1. The van der Waals surface area contributed by atoms with Gasteiger partial charge in [0.15, 0.2) is 0 Å². The highest BCUT2D eigenvalue weighted by atomic mass is 79.9. The van der Waals surface area contributed by atoms with Gasteiger partial charge >= 0.3 is 0 Å². The van der Waals surface area contributed by atoms with Gasteiger partial charge < -0.3 is 21.7 Å². The van der Waals surface area contributed by atoms with Crippen LogP contribution in [0.3, 0.4) is 0 Å². The number of ether oxygens (including phenoxy) is 1. The quantitative estimate of drug-likeness (QED) is 0.399. The molecule has 4 aromatic rings. The van der Waals surface area contributed by atoms with Crippen molar-refractivity contribution in [3.8, 4) is 5.75 Å². The van der Waals surface area contributed by atoms with Gasteiger partial charge in [-0.15, -0.1) is 0 Å². The number of hydrogen-bond donors (Lipinski definition) is 0. The molecule has 0 unspecified atom stereocenters. The third-order valence-electron chi connectivity index (χ3n) is 5.17. The molecular formula is C26H24BrOP. The lowest BCUT2D eigenvalue weighted by Crippen LogP contribution is -3.00. The molecule has 29 heavy (non-hydrogen) atoms. The van der Waals surface area contributed by atoms with Gasteiger partial charge in [0.05, 0.1) is 13.3 Å². The van der Waals surface area contributed by atoms with Gasteiger partial charge in [0.2, 0.25) is 0 Å². The van der Waals surface area contributed by atoms with Crippen LogP contribution in [0.25, 0.3) is 0 Å². The van der Waals surface area contributed by atoms with Crippen LogP contribution in [0.1, 0.15) is 5.56 Å².